The van der Waals surface area contributed by atoms with Gasteiger partial charge in [-0.25, -0.2) is 4.79 Å². The van der Waals surface area contributed by atoms with Gasteiger partial charge in [0, 0.05) is 17.9 Å². The lowest BCUT2D eigenvalue weighted by atomic mass is 9.94. The van der Waals surface area contributed by atoms with E-state index in [4.69, 9.17) is 4.74 Å². The van der Waals surface area contributed by atoms with Gasteiger partial charge in [-0.05, 0) is 18.6 Å². The molecular weight excluding hydrogens is 192 g/mol. The number of allylic oxidation sites excluding steroid dienone is 3. The zero-order chi connectivity index (χ0) is 10.4. The first kappa shape index (κ1) is 8.59. The maximum atomic E-state index is 11.5. The van der Waals surface area contributed by atoms with Gasteiger partial charge in [0.1, 0.15) is 0 Å². The lowest BCUT2D eigenvalue weighted by Crippen LogP contribution is -2.22. The van der Waals surface area contributed by atoms with E-state index < -0.39 is 0 Å². The van der Waals surface area contributed by atoms with Crippen LogP contribution in [0.5, 0.6) is 0 Å². The van der Waals surface area contributed by atoms with Crippen molar-refractivity contribution in [3.8, 4) is 0 Å². The van der Waals surface area contributed by atoms with Crippen molar-refractivity contribution in [2.24, 2.45) is 16.1 Å². The second kappa shape index (κ2) is 2.89. The first-order valence-electron chi connectivity index (χ1n) is 5.05. The largest absolute Gasteiger partial charge is 0.461 e. The number of fused-ring (bicyclic) bond motifs is 2. The minimum absolute atomic E-state index is 0.359. The normalized spacial score (nSPS) is 25.5. The molecule has 0 aromatic heterocycles. The van der Waals surface area contributed by atoms with E-state index in [1.54, 1.807) is 6.92 Å². The fraction of sp³-hybridized carbons (Fsp3) is 0.364. The summed E-state index contributed by atoms with van der Waals surface area (Å²) in [6, 6.07) is 0. The molecule has 1 unspecified atom stereocenters. The average molecular weight is 202 g/mol. The topological polar surface area (TPSA) is 51.0 Å². The third kappa shape index (κ3) is 1.25. The van der Waals surface area contributed by atoms with Crippen LogP contribution in [0.25, 0.3) is 0 Å². The zero-order valence-corrected chi connectivity index (χ0v) is 8.36. The smallest absolute Gasteiger partial charge is 0.359 e. The van der Waals surface area contributed by atoms with Crippen LogP contribution in [0.3, 0.4) is 0 Å². The lowest BCUT2D eigenvalue weighted by Gasteiger charge is -2.09. The molecule has 0 bridgehead atoms. The zero-order valence-electron chi connectivity index (χ0n) is 8.36. The van der Waals surface area contributed by atoms with Gasteiger partial charge in [0.2, 0.25) is 0 Å². The first-order valence-corrected chi connectivity index (χ1v) is 5.05. The molecule has 2 aliphatic carbocycles. The van der Waals surface area contributed by atoms with Gasteiger partial charge in [-0.2, -0.15) is 5.10 Å². The summed E-state index contributed by atoms with van der Waals surface area (Å²) in [4.78, 5) is 11.5. The van der Waals surface area contributed by atoms with Crippen LogP contribution in [0, 0.1) is 5.92 Å². The molecule has 0 aromatic rings. The number of carbonyl (C=O) groups is 1. The van der Waals surface area contributed by atoms with E-state index in [-0.39, 0.29) is 5.97 Å². The molecule has 4 heteroatoms. The van der Waals surface area contributed by atoms with Crippen molar-refractivity contribution in [2.75, 3.05) is 6.61 Å². The molecule has 15 heavy (non-hydrogen) atoms. The van der Waals surface area contributed by atoms with E-state index in [2.05, 4.69) is 16.3 Å². The highest BCUT2D eigenvalue weighted by molar-refractivity contribution is 6.52. The quantitative estimate of drug-likeness (QED) is 0.633. The van der Waals surface area contributed by atoms with E-state index in [0.717, 1.165) is 17.7 Å². The predicted octanol–water partition coefficient (Wildman–Crippen LogP) is 1.25. The van der Waals surface area contributed by atoms with Crippen molar-refractivity contribution < 1.29 is 9.53 Å². The molecule has 1 atom stereocenters. The highest BCUT2D eigenvalue weighted by atomic mass is 16.5. The second-order valence-electron chi connectivity index (χ2n) is 3.75. The van der Waals surface area contributed by atoms with E-state index in [0.29, 0.717) is 18.2 Å². The third-order valence-electron chi connectivity index (χ3n) is 2.74. The van der Waals surface area contributed by atoms with Gasteiger partial charge in [0.05, 0.1) is 12.3 Å². The molecule has 0 spiro atoms. The van der Waals surface area contributed by atoms with E-state index in [9.17, 15) is 4.79 Å². The Morgan fingerprint density at radius 3 is 3.27 bits per heavy atom. The fourth-order valence-electron chi connectivity index (χ4n) is 1.90. The second-order valence-corrected chi connectivity index (χ2v) is 3.75. The van der Waals surface area contributed by atoms with Gasteiger partial charge in [-0.3, -0.25) is 0 Å². The lowest BCUT2D eigenvalue weighted by molar-refractivity contribution is -0.134. The molecule has 0 amide bonds. The summed E-state index contributed by atoms with van der Waals surface area (Å²) in [5.74, 6) is 0.173. The summed E-state index contributed by atoms with van der Waals surface area (Å²) in [6.45, 7) is 2.15. The van der Waals surface area contributed by atoms with Gasteiger partial charge < -0.3 is 4.74 Å². The minimum Gasteiger partial charge on any atom is -0.461 e. The molecule has 3 aliphatic rings. The van der Waals surface area contributed by atoms with Crippen molar-refractivity contribution in [2.45, 2.75) is 13.3 Å². The van der Waals surface area contributed by atoms with Crippen molar-refractivity contribution in [3.05, 3.63) is 23.3 Å². The Hall–Kier alpha value is -1.71. The molecule has 4 nitrogen and oxygen atoms in total. The van der Waals surface area contributed by atoms with Gasteiger partial charge in [-0.15, -0.1) is 5.10 Å². The molecule has 0 N–H and O–H groups in total. The van der Waals surface area contributed by atoms with Crippen LogP contribution >= 0.6 is 0 Å². The van der Waals surface area contributed by atoms with Crippen molar-refractivity contribution in [1.29, 1.82) is 0 Å². The molecule has 76 valence electrons. The van der Waals surface area contributed by atoms with Crippen molar-refractivity contribution in [1.82, 2.24) is 0 Å². The summed E-state index contributed by atoms with van der Waals surface area (Å²) >= 11 is 0. The summed E-state index contributed by atoms with van der Waals surface area (Å²) in [7, 11) is 0. The van der Waals surface area contributed by atoms with Gasteiger partial charge in [0.15, 0.2) is 5.71 Å². The highest BCUT2D eigenvalue weighted by Gasteiger charge is 2.37. The van der Waals surface area contributed by atoms with Crippen LogP contribution in [0.15, 0.2) is 33.5 Å². The number of hydrogen-bond acceptors (Lipinski definition) is 4. The van der Waals surface area contributed by atoms with E-state index >= 15 is 0 Å². The Balaban J connectivity index is 1.88. The molecule has 3 rings (SSSR count). The number of nitrogens with zero attached hydrogens (tertiary/aromatic N) is 2. The predicted molar refractivity (Wildman–Crippen MR) is 55.8 cm³/mol. The average Bonchev–Trinajstić information content (AvgIpc) is 2.85. The molecule has 0 fully saturated rings. The molecule has 0 radical (unpaired) electrons. The number of ether oxygens (including phenoxy) is 1. The number of esters is 1. The van der Waals surface area contributed by atoms with E-state index in [1.807, 2.05) is 6.08 Å². The molecule has 0 saturated heterocycles. The minimum atomic E-state index is -0.373. The summed E-state index contributed by atoms with van der Waals surface area (Å²) < 4.78 is 4.92. The van der Waals surface area contributed by atoms with Crippen LogP contribution in [0.2, 0.25) is 0 Å². The van der Waals surface area contributed by atoms with Crippen LogP contribution in [0.4, 0.5) is 0 Å². The van der Waals surface area contributed by atoms with Crippen LogP contribution < -0.4 is 0 Å². The standard InChI is InChI=1S/C11H10N2O2/c1-2-15-11(14)10-8-4-6-3-7(6)5-9(8)12-13-10/h3-4,7H,2,5H2,1H3. The monoisotopic (exact) mass is 202 g/mol. The van der Waals surface area contributed by atoms with Crippen LogP contribution in [0.1, 0.15) is 13.3 Å². The molecule has 1 aliphatic heterocycles. The Morgan fingerprint density at radius 2 is 2.47 bits per heavy atom. The Bertz CT molecular complexity index is 469. The summed E-state index contributed by atoms with van der Waals surface area (Å²) in [5, 5.41) is 7.91. The van der Waals surface area contributed by atoms with Gasteiger partial charge >= 0.3 is 5.97 Å². The highest BCUT2D eigenvalue weighted by Crippen LogP contribution is 2.40. The number of carbonyl (C=O) groups excluding carboxylic acids is 1. The van der Waals surface area contributed by atoms with Gasteiger partial charge in [-0.1, -0.05) is 6.08 Å². The first-order chi connectivity index (χ1) is 7.29. The number of rotatable bonds is 2. The Kier molecular flexibility index (Phi) is 1.65. The van der Waals surface area contributed by atoms with Gasteiger partial charge in [0.25, 0.3) is 0 Å². The summed E-state index contributed by atoms with van der Waals surface area (Å²) in [5.41, 5.74) is 3.43. The van der Waals surface area contributed by atoms with Crippen LogP contribution in [-0.4, -0.2) is 24.0 Å². The molecule has 1 heterocycles. The Morgan fingerprint density at radius 1 is 1.60 bits per heavy atom. The van der Waals surface area contributed by atoms with Crippen molar-refractivity contribution >= 4 is 17.4 Å². The fourth-order valence-corrected chi connectivity index (χ4v) is 1.90. The van der Waals surface area contributed by atoms with Crippen molar-refractivity contribution in [3.63, 3.8) is 0 Å². The molecule has 0 saturated carbocycles. The maximum Gasteiger partial charge on any atom is 0.359 e. The SMILES string of the molecule is CCOC(=O)C1=NN=C2CC3C=C3C=C21. The molecule has 0 aromatic carbocycles. The van der Waals surface area contributed by atoms with Crippen LogP contribution in [-0.2, 0) is 9.53 Å². The van der Waals surface area contributed by atoms with E-state index in [1.165, 1.54) is 5.57 Å². The number of hydrogen-bond donors (Lipinski definition) is 0. The Labute approximate surface area is 87.0 Å². The molecular formula is C11H10N2O2. The third-order valence-corrected chi connectivity index (χ3v) is 2.74. The summed E-state index contributed by atoms with van der Waals surface area (Å²) in [6.07, 6.45) is 5.06. The maximum absolute atomic E-state index is 11.5.